The van der Waals surface area contributed by atoms with Crippen molar-refractivity contribution in [1.29, 1.82) is 0 Å². The van der Waals surface area contributed by atoms with E-state index in [0.717, 1.165) is 19.6 Å². The standard InChI is InChI=1S/C19H32N2/c1-7-12-21(16(4)5)14-18-8-10-19(11-9-18)17(6)13-20-15(2)3/h7-11,15-17,20H,1,12-14H2,2-6H3. The van der Waals surface area contributed by atoms with Crippen LogP contribution in [0.2, 0.25) is 0 Å². The third kappa shape index (κ3) is 6.45. The van der Waals surface area contributed by atoms with Crippen molar-refractivity contribution in [2.75, 3.05) is 13.1 Å². The molecule has 0 aliphatic carbocycles. The molecule has 0 aliphatic rings. The summed E-state index contributed by atoms with van der Waals surface area (Å²) in [5.41, 5.74) is 2.78. The fourth-order valence-electron chi connectivity index (χ4n) is 2.34. The van der Waals surface area contributed by atoms with Crippen LogP contribution in [0.5, 0.6) is 0 Å². The second kappa shape index (κ2) is 9.01. The Morgan fingerprint density at radius 3 is 2.19 bits per heavy atom. The SMILES string of the molecule is C=CCN(Cc1ccc(C(C)CNC(C)C)cc1)C(C)C. The van der Waals surface area contributed by atoms with Crippen molar-refractivity contribution in [1.82, 2.24) is 10.2 Å². The van der Waals surface area contributed by atoms with E-state index in [1.54, 1.807) is 0 Å². The van der Waals surface area contributed by atoms with E-state index < -0.39 is 0 Å². The van der Waals surface area contributed by atoms with E-state index in [0.29, 0.717) is 18.0 Å². The minimum absolute atomic E-state index is 0.539. The van der Waals surface area contributed by atoms with Crippen LogP contribution in [0.15, 0.2) is 36.9 Å². The minimum atomic E-state index is 0.539. The fourth-order valence-corrected chi connectivity index (χ4v) is 2.34. The highest BCUT2D eigenvalue weighted by molar-refractivity contribution is 5.25. The Kier molecular flexibility index (Phi) is 7.69. The Balaban J connectivity index is 2.62. The molecular formula is C19H32N2. The first kappa shape index (κ1) is 17.9. The highest BCUT2D eigenvalue weighted by atomic mass is 15.1. The third-order valence-electron chi connectivity index (χ3n) is 3.86. The molecule has 1 N–H and O–H groups in total. The quantitative estimate of drug-likeness (QED) is 0.686. The van der Waals surface area contributed by atoms with Gasteiger partial charge in [0.1, 0.15) is 0 Å². The van der Waals surface area contributed by atoms with Gasteiger partial charge in [0.15, 0.2) is 0 Å². The molecule has 0 spiro atoms. The number of rotatable bonds is 9. The molecule has 0 fully saturated rings. The van der Waals surface area contributed by atoms with Gasteiger partial charge in [-0.1, -0.05) is 51.1 Å². The maximum Gasteiger partial charge on any atom is 0.0239 e. The Hall–Kier alpha value is -1.12. The zero-order chi connectivity index (χ0) is 15.8. The molecule has 0 heterocycles. The summed E-state index contributed by atoms with van der Waals surface area (Å²) in [6.45, 7) is 17.9. The summed E-state index contributed by atoms with van der Waals surface area (Å²) in [5, 5.41) is 3.50. The molecule has 0 saturated heterocycles. The predicted octanol–water partition coefficient (Wildman–Crippen LogP) is 4.18. The molecule has 1 atom stereocenters. The molecule has 21 heavy (non-hydrogen) atoms. The van der Waals surface area contributed by atoms with Gasteiger partial charge in [0, 0.05) is 31.7 Å². The molecular weight excluding hydrogens is 256 g/mol. The van der Waals surface area contributed by atoms with E-state index in [4.69, 9.17) is 0 Å². The van der Waals surface area contributed by atoms with Crippen LogP contribution in [-0.2, 0) is 6.54 Å². The van der Waals surface area contributed by atoms with Gasteiger partial charge >= 0.3 is 0 Å². The van der Waals surface area contributed by atoms with Crippen LogP contribution in [0.3, 0.4) is 0 Å². The van der Waals surface area contributed by atoms with Crippen LogP contribution in [0.25, 0.3) is 0 Å². The minimum Gasteiger partial charge on any atom is -0.314 e. The van der Waals surface area contributed by atoms with Crippen LogP contribution in [0.1, 0.15) is 51.7 Å². The highest BCUT2D eigenvalue weighted by Gasteiger charge is 2.10. The van der Waals surface area contributed by atoms with Crippen LogP contribution in [0, 0.1) is 0 Å². The van der Waals surface area contributed by atoms with E-state index in [1.807, 2.05) is 6.08 Å². The monoisotopic (exact) mass is 288 g/mol. The van der Waals surface area contributed by atoms with Crippen molar-refractivity contribution < 1.29 is 0 Å². The Bertz CT molecular complexity index is 406. The largest absolute Gasteiger partial charge is 0.314 e. The summed E-state index contributed by atoms with van der Waals surface area (Å²) in [5.74, 6) is 0.552. The van der Waals surface area contributed by atoms with Crippen molar-refractivity contribution in [2.24, 2.45) is 0 Å². The Labute approximate surface area is 131 Å². The van der Waals surface area contributed by atoms with Crippen molar-refractivity contribution in [3.63, 3.8) is 0 Å². The van der Waals surface area contributed by atoms with E-state index in [2.05, 4.69) is 75.7 Å². The summed E-state index contributed by atoms with van der Waals surface area (Å²) >= 11 is 0. The zero-order valence-electron chi connectivity index (χ0n) is 14.4. The average Bonchev–Trinajstić information content (AvgIpc) is 2.45. The lowest BCUT2D eigenvalue weighted by molar-refractivity contribution is 0.237. The molecule has 2 nitrogen and oxygen atoms in total. The van der Waals surface area contributed by atoms with Gasteiger partial charge in [-0.15, -0.1) is 6.58 Å². The second-order valence-electron chi connectivity index (χ2n) is 6.52. The van der Waals surface area contributed by atoms with Crippen molar-refractivity contribution >= 4 is 0 Å². The summed E-state index contributed by atoms with van der Waals surface area (Å²) in [6, 6.07) is 10.2. The maximum atomic E-state index is 3.85. The summed E-state index contributed by atoms with van der Waals surface area (Å²) in [7, 11) is 0. The number of benzene rings is 1. The second-order valence-corrected chi connectivity index (χ2v) is 6.52. The molecule has 0 saturated carbocycles. The summed E-state index contributed by atoms with van der Waals surface area (Å²) < 4.78 is 0. The maximum absolute atomic E-state index is 3.85. The Morgan fingerprint density at radius 1 is 1.10 bits per heavy atom. The smallest absolute Gasteiger partial charge is 0.0239 e. The molecule has 1 aromatic carbocycles. The predicted molar refractivity (Wildman–Crippen MR) is 93.7 cm³/mol. The van der Waals surface area contributed by atoms with Gasteiger partial charge in [-0.2, -0.15) is 0 Å². The lowest BCUT2D eigenvalue weighted by Gasteiger charge is -2.25. The molecule has 0 bridgehead atoms. The normalized spacial score (nSPS) is 13.1. The van der Waals surface area contributed by atoms with E-state index >= 15 is 0 Å². The number of hydrogen-bond acceptors (Lipinski definition) is 2. The molecule has 0 aliphatic heterocycles. The third-order valence-corrected chi connectivity index (χ3v) is 3.86. The van der Waals surface area contributed by atoms with Gasteiger partial charge in [-0.25, -0.2) is 0 Å². The van der Waals surface area contributed by atoms with Gasteiger partial charge in [0.05, 0.1) is 0 Å². The number of nitrogens with one attached hydrogen (secondary N) is 1. The average molecular weight is 288 g/mol. The van der Waals surface area contributed by atoms with Crippen molar-refractivity contribution in [2.45, 2.75) is 59.2 Å². The molecule has 1 unspecified atom stereocenters. The van der Waals surface area contributed by atoms with E-state index in [1.165, 1.54) is 11.1 Å². The molecule has 1 aromatic rings. The molecule has 118 valence electrons. The van der Waals surface area contributed by atoms with Crippen LogP contribution in [0.4, 0.5) is 0 Å². The molecule has 0 aromatic heterocycles. The van der Waals surface area contributed by atoms with E-state index in [9.17, 15) is 0 Å². The van der Waals surface area contributed by atoms with Crippen LogP contribution < -0.4 is 5.32 Å². The lowest BCUT2D eigenvalue weighted by Crippen LogP contribution is -2.30. The molecule has 0 amide bonds. The van der Waals surface area contributed by atoms with E-state index in [-0.39, 0.29) is 0 Å². The van der Waals surface area contributed by atoms with Crippen LogP contribution >= 0.6 is 0 Å². The van der Waals surface area contributed by atoms with Crippen molar-refractivity contribution in [3.8, 4) is 0 Å². The number of nitrogens with zero attached hydrogens (tertiary/aromatic N) is 1. The first-order valence-electron chi connectivity index (χ1n) is 8.11. The highest BCUT2D eigenvalue weighted by Crippen LogP contribution is 2.17. The first-order valence-corrected chi connectivity index (χ1v) is 8.11. The molecule has 2 heteroatoms. The van der Waals surface area contributed by atoms with Gasteiger partial charge < -0.3 is 5.32 Å². The van der Waals surface area contributed by atoms with Gasteiger partial charge in [0.2, 0.25) is 0 Å². The number of hydrogen-bond donors (Lipinski definition) is 1. The lowest BCUT2D eigenvalue weighted by atomic mass is 9.99. The van der Waals surface area contributed by atoms with Crippen molar-refractivity contribution in [3.05, 3.63) is 48.0 Å². The fraction of sp³-hybridized carbons (Fsp3) is 0.579. The zero-order valence-corrected chi connectivity index (χ0v) is 14.4. The summed E-state index contributed by atoms with van der Waals surface area (Å²) in [6.07, 6.45) is 1.98. The van der Waals surface area contributed by atoms with Crippen LogP contribution in [-0.4, -0.2) is 30.1 Å². The summed E-state index contributed by atoms with van der Waals surface area (Å²) in [4.78, 5) is 2.42. The Morgan fingerprint density at radius 2 is 1.71 bits per heavy atom. The first-order chi connectivity index (χ1) is 9.93. The van der Waals surface area contributed by atoms with Gasteiger partial charge in [-0.3, -0.25) is 4.90 Å². The topological polar surface area (TPSA) is 15.3 Å². The molecule has 0 radical (unpaired) electrons. The van der Waals surface area contributed by atoms with Gasteiger partial charge in [0.25, 0.3) is 0 Å². The molecule has 1 rings (SSSR count). The van der Waals surface area contributed by atoms with Gasteiger partial charge in [-0.05, 0) is 30.9 Å².